The van der Waals surface area contributed by atoms with E-state index >= 15 is 0 Å². The van der Waals surface area contributed by atoms with Crippen molar-refractivity contribution in [1.82, 2.24) is 4.98 Å². The highest BCUT2D eigenvalue weighted by atomic mass is 16.2. The number of carbonyl (C=O) groups is 2. The maximum absolute atomic E-state index is 12.5. The molecule has 0 fully saturated rings. The highest BCUT2D eigenvalue weighted by Crippen LogP contribution is 2.17. The van der Waals surface area contributed by atoms with E-state index in [9.17, 15) is 9.59 Å². The molecule has 0 aliphatic carbocycles. The lowest BCUT2D eigenvalue weighted by Crippen LogP contribution is -2.30. The monoisotopic (exact) mass is 268 g/mol. The third-order valence-corrected chi connectivity index (χ3v) is 3.16. The molecule has 0 N–H and O–H groups in total. The third kappa shape index (κ3) is 2.74. The fraction of sp³-hybridized carbons (Fsp3) is 0.188. The van der Waals surface area contributed by atoms with Crippen LogP contribution in [0.1, 0.15) is 28.4 Å². The van der Waals surface area contributed by atoms with Crippen LogP contribution in [0, 0.1) is 6.92 Å². The summed E-state index contributed by atoms with van der Waals surface area (Å²) in [4.78, 5) is 28.9. The molecule has 2 aromatic rings. The van der Waals surface area contributed by atoms with Crippen LogP contribution in [0.3, 0.4) is 0 Å². The lowest BCUT2D eigenvalue weighted by atomic mass is 10.1. The Bertz CT molecular complexity index is 638. The molecular formula is C16H16N2O2. The number of hydrogen-bond donors (Lipinski definition) is 0. The van der Waals surface area contributed by atoms with E-state index in [-0.39, 0.29) is 5.91 Å². The zero-order chi connectivity index (χ0) is 14.5. The number of aryl methyl sites for hydroxylation is 2. The van der Waals surface area contributed by atoms with Gasteiger partial charge in [-0.2, -0.15) is 0 Å². The summed E-state index contributed by atoms with van der Waals surface area (Å²) < 4.78 is 0. The highest BCUT2D eigenvalue weighted by Gasteiger charge is 2.19. The molecule has 0 unspecified atom stereocenters. The van der Waals surface area contributed by atoms with Crippen LogP contribution >= 0.6 is 0 Å². The second-order valence-corrected chi connectivity index (χ2v) is 4.47. The van der Waals surface area contributed by atoms with Crippen LogP contribution in [0.4, 0.5) is 5.82 Å². The molecule has 20 heavy (non-hydrogen) atoms. The van der Waals surface area contributed by atoms with Gasteiger partial charge in [0, 0.05) is 11.8 Å². The Morgan fingerprint density at radius 3 is 2.70 bits per heavy atom. The van der Waals surface area contributed by atoms with Crippen LogP contribution in [0.5, 0.6) is 0 Å². The summed E-state index contributed by atoms with van der Waals surface area (Å²) in [5.74, 6) is -0.00791. The quantitative estimate of drug-likeness (QED) is 0.801. The maximum atomic E-state index is 12.5. The van der Waals surface area contributed by atoms with E-state index in [1.807, 2.05) is 32.0 Å². The average Bonchev–Trinajstić information content (AvgIpc) is 2.48. The highest BCUT2D eigenvalue weighted by molar-refractivity contribution is 6.15. The topological polar surface area (TPSA) is 50.3 Å². The summed E-state index contributed by atoms with van der Waals surface area (Å²) >= 11 is 0. The molecule has 4 nitrogen and oxygen atoms in total. The first-order chi connectivity index (χ1) is 9.67. The molecule has 2 rings (SSSR count). The van der Waals surface area contributed by atoms with Crippen LogP contribution in [0.25, 0.3) is 0 Å². The molecule has 0 spiro atoms. The van der Waals surface area contributed by atoms with Gasteiger partial charge in [0.05, 0.1) is 0 Å². The summed E-state index contributed by atoms with van der Waals surface area (Å²) in [6.45, 7) is 3.85. The molecule has 1 aromatic carbocycles. The van der Waals surface area contributed by atoms with Crippen molar-refractivity contribution < 1.29 is 9.59 Å². The Hall–Kier alpha value is -2.49. The summed E-state index contributed by atoms with van der Waals surface area (Å²) in [5, 5.41) is 0. The van der Waals surface area contributed by atoms with Gasteiger partial charge in [-0.25, -0.2) is 9.88 Å². The fourth-order valence-corrected chi connectivity index (χ4v) is 1.96. The molecular weight excluding hydrogens is 252 g/mol. The lowest BCUT2D eigenvalue weighted by Gasteiger charge is -2.16. The van der Waals surface area contributed by atoms with Gasteiger partial charge in [-0.3, -0.25) is 9.59 Å². The number of rotatable bonds is 4. The molecule has 102 valence electrons. The van der Waals surface area contributed by atoms with Crippen molar-refractivity contribution in [2.24, 2.45) is 0 Å². The summed E-state index contributed by atoms with van der Waals surface area (Å²) in [6, 6.07) is 10.8. The number of aromatic nitrogens is 1. The molecule has 2 amide bonds. The van der Waals surface area contributed by atoms with E-state index < -0.39 is 0 Å². The first-order valence-corrected chi connectivity index (χ1v) is 6.46. The van der Waals surface area contributed by atoms with Gasteiger partial charge < -0.3 is 0 Å². The Morgan fingerprint density at radius 1 is 1.30 bits per heavy atom. The van der Waals surface area contributed by atoms with Gasteiger partial charge in [0.1, 0.15) is 5.82 Å². The third-order valence-electron chi connectivity index (χ3n) is 3.16. The molecule has 4 heteroatoms. The Labute approximate surface area is 118 Å². The molecule has 0 saturated carbocycles. The van der Waals surface area contributed by atoms with Crippen molar-refractivity contribution in [2.75, 3.05) is 4.90 Å². The van der Waals surface area contributed by atoms with Gasteiger partial charge in [-0.05, 0) is 42.7 Å². The van der Waals surface area contributed by atoms with E-state index in [0.717, 1.165) is 22.4 Å². The summed E-state index contributed by atoms with van der Waals surface area (Å²) in [7, 11) is 0. The predicted octanol–water partition coefficient (Wildman–Crippen LogP) is 2.76. The minimum atomic E-state index is -0.362. The van der Waals surface area contributed by atoms with Gasteiger partial charge >= 0.3 is 0 Å². The standard InChI is InChI=1S/C16H16N2O2/c1-3-13-8-9-17-15(10-13)18(11-19)16(20)14-7-5-4-6-12(14)2/h4-11H,3H2,1-2H3. The molecule has 0 saturated heterocycles. The number of amides is 2. The van der Waals surface area contributed by atoms with E-state index in [4.69, 9.17) is 0 Å². The zero-order valence-electron chi connectivity index (χ0n) is 11.5. The fourth-order valence-electron chi connectivity index (χ4n) is 1.96. The zero-order valence-corrected chi connectivity index (χ0v) is 11.5. The Balaban J connectivity index is 2.39. The van der Waals surface area contributed by atoms with E-state index in [1.165, 1.54) is 0 Å². The van der Waals surface area contributed by atoms with Crippen molar-refractivity contribution in [3.05, 3.63) is 59.3 Å². The largest absolute Gasteiger partial charge is 0.278 e. The maximum Gasteiger partial charge on any atom is 0.266 e. The molecule has 0 atom stereocenters. The second kappa shape index (κ2) is 6.10. The van der Waals surface area contributed by atoms with E-state index in [0.29, 0.717) is 17.8 Å². The first kappa shape index (κ1) is 13.9. The Morgan fingerprint density at radius 2 is 2.05 bits per heavy atom. The number of pyridine rings is 1. The summed E-state index contributed by atoms with van der Waals surface area (Å²) in [6.07, 6.45) is 2.94. The van der Waals surface area contributed by atoms with Crippen LogP contribution in [-0.4, -0.2) is 17.3 Å². The molecule has 0 radical (unpaired) electrons. The second-order valence-electron chi connectivity index (χ2n) is 4.47. The van der Waals surface area contributed by atoms with Crippen LogP contribution in [0.2, 0.25) is 0 Å². The van der Waals surface area contributed by atoms with E-state index in [1.54, 1.807) is 24.4 Å². The molecule has 1 heterocycles. The van der Waals surface area contributed by atoms with Gasteiger partial charge in [0.15, 0.2) is 0 Å². The predicted molar refractivity (Wildman–Crippen MR) is 77.7 cm³/mol. The van der Waals surface area contributed by atoms with Gasteiger partial charge in [0.25, 0.3) is 5.91 Å². The van der Waals surface area contributed by atoms with Crippen LogP contribution < -0.4 is 4.90 Å². The van der Waals surface area contributed by atoms with E-state index in [2.05, 4.69) is 4.98 Å². The van der Waals surface area contributed by atoms with Crippen molar-refractivity contribution in [3.8, 4) is 0 Å². The van der Waals surface area contributed by atoms with Crippen molar-refractivity contribution in [3.63, 3.8) is 0 Å². The number of imide groups is 1. The van der Waals surface area contributed by atoms with Crippen LogP contribution in [-0.2, 0) is 11.2 Å². The minimum Gasteiger partial charge on any atom is -0.278 e. The average molecular weight is 268 g/mol. The Kier molecular flexibility index (Phi) is 4.25. The van der Waals surface area contributed by atoms with Crippen LogP contribution in [0.15, 0.2) is 42.6 Å². The van der Waals surface area contributed by atoms with Gasteiger partial charge in [-0.15, -0.1) is 0 Å². The molecule has 1 aromatic heterocycles. The first-order valence-electron chi connectivity index (χ1n) is 6.46. The molecule has 0 aliphatic heterocycles. The number of hydrogen-bond acceptors (Lipinski definition) is 3. The minimum absolute atomic E-state index is 0.354. The van der Waals surface area contributed by atoms with Gasteiger partial charge in [0.2, 0.25) is 6.41 Å². The SMILES string of the molecule is CCc1ccnc(N(C=O)C(=O)c2ccccc2C)c1. The number of benzene rings is 1. The number of nitrogens with zero attached hydrogens (tertiary/aromatic N) is 2. The number of carbonyl (C=O) groups excluding carboxylic acids is 2. The van der Waals surface area contributed by atoms with Crippen molar-refractivity contribution in [2.45, 2.75) is 20.3 Å². The molecule has 0 bridgehead atoms. The molecule has 0 aliphatic rings. The van der Waals surface area contributed by atoms with Crippen molar-refractivity contribution >= 4 is 18.1 Å². The number of anilines is 1. The van der Waals surface area contributed by atoms with Crippen molar-refractivity contribution in [1.29, 1.82) is 0 Å². The lowest BCUT2D eigenvalue weighted by molar-refractivity contribution is -0.107. The summed E-state index contributed by atoms with van der Waals surface area (Å²) in [5.41, 5.74) is 2.36. The normalized spacial score (nSPS) is 10.1. The smallest absolute Gasteiger partial charge is 0.266 e. The van der Waals surface area contributed by atoms with Gasteiger partial charge in [-0.1, -0.05) is 25.1 Å².